The van der Waals surface area contributed by atoms with Gasteiger partial charge in [0.15, 0.2) is 0 Å². The van der Waals surface area contributed by atoms with Gasteiger partial charge in [0.1, 0.15) is 0 Å². The van der Waals surface area contributed by atoms with Crippen LogP contribution in [-0.4, -0.2) is 41.6 Å². The Bertz CT molecular complexity index is 681. The van der Waals surface area contributed by atoms with Crippen molar-refractivity contribution in [3.05, 3.63) is 66.0 Å². The van der Waals surface area contributed by atoms with Crippen LogP contribution in [0.1, 0.15) is 22.3 Å². The van der Waals surface area contributed by atoms with E-state index in [4.69, 9.17) is 4.74 Å². The molecule has 0 aliphatic carbocycles. The highest BCUT2D eigenvalue weighted by Crippen LogP contribution is 2.42. The second-order valence-electron chi connectivity index (χ2n) is 6.73. The lowest BCUT2D eigenvalue weighted by Crippen LogP contribution is -2.58. The lowest BCUT2D eigenvalue weighted by atomic mass is 9.77. The summed E-state index contributed by atoms with van der Waals surface area (Å²) in [6.07, 6.45) is 5.87. The predicted molar refractivity (Wildman–Crippen MR) is 87.1 cm³/mol. The van der Waals surface area contributed by atoms with E-state index >= 15 is 0 Å². The fraction of sp³-hybridized carbons (Fsp3) is 0.368. The van der Waals surface area contributed by atoms with E-state index < -0.39 is 0 Å². The number of carbonyl (C=O) groups is 1. The van der Waals surface area contributed by atoms with Crippen LogP contribution in [-0.2, 0) is 11.2 Å². The van der Waals surface area contributed by atoms with Gasteiger partial charge >= 0.3 is 0 Å². The van der Waals surface area contributed by atoms with E-state index in [1.807, 2.05) is 47.5 Å². The lowest BCUT2D eigenvalue weighted by molar-refractivity contribution is -0.00133. The van der Waals surface area contributed by atoms with E-state index in [1.54, 1.807) is 6.20 Å². The first-order valence-electron chi connectivity index (χ1n) is 8.09. The number of hydrogen-bond donors (Lipinski definition) is 0. The minimum atomic E-state index is 0.131. The number of amides is 1. The maximum Gasteiger partial charge on any atom is 0.253 e. The van der Waals surface area contributed by atoms with Gasteiger partial charge in [0.2, 0.25) is 0 Å². The molecule has 3 heterocycles. The van der Waals surface area contributed by atoms with Crippen LogP contribution in [0.25, 0.3) is 0 Å². The van der Waals surface area contributed by atoms with Crippen LogP contribution in [0.3, 0.4) is 0 Å². The molecule has 0 saturated carbocycles. The maximum atomic E-state index is 12.4. The molecule has 2 aliphatic rings. The molecular formula is C19H20N2O2. The Hall–Kier alpha value is -2.20. The van der Waals surface area contributed by atoms with Gasteiger partial charge in [-0.25, -0.2) is 0 Å². The van der Waals surface area contributed by atoms with Crippen molar-refractivity contribution in [2.24, 2.45) is 5.41 Å². The van der Waals surface area contributed by atoms with Gasteiger partial charge in [0, 0.05) is 42.9 Å². The molecule has 118 valence electrons. The molecule has 1 aromatic heterocycles. The standard InChI is InChI=1S/C19H20N2O2/c22-18(16-6-2-1-3-7-16)21-12-19(13-21)10-17(23-14-19)9-15-5-4-8-20-11-15/h1-8,11,17H,9-10,12-14H2. The van der Waals surface area contributed by atoms with Crippen LogP contribution < -0.4 is 0 Å². The lowest BCUT2D eigenvalue weighted by Gasteiger charge is -2.47. The number of ether oxygens (including phenoxy) is 1. The Balaban J connectivity index is 1.34. The van der Waals surface area contributed by atoms with Crippen molar-refractivity contribution in [3.63, 3.8) is 0 Å². The van der Waals surface area contributed by atoms with Crippen LogP contribution in [0.2, 0.25) is 0 Å². The van der Waals surface area contributed by atoms with Gasteiger partial charge in [-0.2, -0.15) is 0 Å². The summed E-state index contributed by atoms with van der Waals surface area (Å²) in [5.74, 6) is 0.131. The third-order valence-corrected chi connectivity index (χ3v) is 4.83. The molecule has 2 fully saturated rings. The van der Waals surface area contributed by atoms with Crippen LogP contribution in [0.15, 0.2) is 54.9 Å². The number of hydrogen-bond acceptors (Lipinski definition) is 3. The number of rotatable bonds is 3. The molecule has 0 radical (unpaired) electrons. The smallest absolute Gasteiger partial charge is 0.253 e. The Labute approximate surface area is 136 Å². The summed E-state index contributed by atoms with van der Waals surface area (Å²) in [6, 6.07) is 13.6. The summed E-state index contributed by atoms with van der Waals surface area (Å²) < 4.78 is 5.98. The minimum absolute atomic E-state index is 0.131. The van der Waals surface area contributed by atoms with E-state index in [1.165, 1.54) is 5.56 Å². The van der Waals surface area contributed by atoms with Crippen LogP contribution in [0.5, 0.6) is 0 Å². The van der Waals surface area contributed by atoms with E-state index in [2.05, 4.69) is 11.1 Å². The first kappa shape index (κ1) is 14.4. The molecule has 0 N–H and O–H groups in total. The van der Waals surface area contributed by atoms with Gasteiger partial charge < -0.3 is 9.64 Å². The molecule has 1 aromatic carbocycles. The first-order valence-corrected chi connectivity index (χ1v) is 8.09. The molecule has 2 aromatic rings. The molecule has 23 heavy (non-hydrogen) atoms. The molecule has 4 heteroatoms. The number of likely N-dealkylation sites (tertiary alicyclic amines) is 1. The molecule has 1 atom stereocenters. The van der Waals surface area contributed by atoms with E-state index in [0.29, 0.717) is 0 Å². The highest BCUT2D eigenvalue weighted by Gasteiger charge is 2.50. The zero-order chi connectivity index (χ0) is 15.7. The zero-order valence-electron chi connectivity index (χ0n) is 13.0. The van der Waals surface area contributed by atoms with Gasteiger partial charge in [0.25, 0.3) is 5.91 Å². The molecule has 0 bridgehead atoms. The Kier molecular flexibility index (Phi) is 3.62. The second-order valence-corrected chi connectivity index (χ2v) is 6.73. The average molecular weight is 308 g/mol. The van der Waals surface area contributed by atoms with Crippen LogP contribution >= 0.6 is 0 Å². The molecular weight excluding hydrogens is 288 g/mol. The Morgan fingerprint density at radius 2 is 2.04 bits per heavy atom. The molecule has 2 aliphatic heterocycles. The molecule has 1 amide bonds. The highest BCUT2D eigenvalue weighted by molar-refractivity contribution is 5.94. The van der Waals surface area contributed by atoms with E-state index in [9.17, 15) is 4.79 Å². The summed E-state index contributed by atoms with van der Waals surface area (Å²) in [5.41, 5.74) is 2.15. The van der Waals surface area contributed by atoms with Crippen molar-refractivity contribution < 1.29 is 9.53 Å². The van der Waals surface area contributed by atoms with Gasteiger partial charge in [-0.15, -0.1) is 0 Å². The molecule has 2 saturated heterocycles. The predicted octanol–water partition coefficient (Wildman–Crippen LogP) is 2.56. The molecule has 1 unspecified atom stereocenters. The van der Waals surface area contributed by atoms with Crippen molar-refractivity contribution in [1.82, 2.24) is 9.88 Å². The number of benzene rings is 1. The van der Waals surface area contributed by atoms with Gasteiger partial charge in [-0.3, -0.25) is 9.78 Å². The topological polar surface area (TPSA) is 42.4 Å². The average Bonchev–Trinajstić information content (AvgIpc) is 2.99. The highest BCUT2D eigenvalue weighted by atomic mass is 16.5. The summed E-state index contributed by atoms with van der Waals surface area (Å²) >= 11 is 0. The number of pyridine rings is 1. The number of nitrogens with zero attached hydrogens (tertiary/aromatic N) is 2. The second kappa shape index (κ2) is 5.78. The monoisotopic (exact) mass is 308 g/mol. The summed E-state index contributed by atoms with van der Waals surface area (Å²) in [6.45, 7) is 2.38. The number of carbonyl (C=O) groups excluding carboxylic acids is 1. The minimum Gasteiger partial charge on any atom is -0.377 e. The first-order chi connectivity index (χ1) is 11.2. The maximum absolute atomic E-state index is 12.4. The van der Waals surface area contributed by atoms with Crippen LogP contribution in [0, 0.1) is 5.41 Å². The van der Waals surface area contributed by atoms with E-state index in [-0.39, 0.29) is 17.4 Å². The summed E-state index contributed by atoms with van der Waals surface area (Å²) in [4.78, 5) is 18.5. The Morgan fingerprint density at radius 1 is 1.22 bits per heavy atom. The summed E-state index contributed by atoms with van der Waals surface area (Å²) in [5, 5.41) is 0. The third kappa shape index (κ3) is 2.86. The quantitative estimate of drug-likeness (QED) is 0.875. The third-order valence-electron chi connectivity index (χ3n) is 4.83. The number of aromatic nitrogens is 1. The van der Waals surface area contributed by atoms with Gasteiger partial charge in [-0.1, -0.05) is 24.3 Å². The Morgan fingerprint density at radius 3 is 2.78 bits per heavy atom. The van der Waals surface area contributed by atoms with E-state index in [0.717, 1.165) is 38.1 Å². The summed E-state index contributed by atoms with van der Waals surface area (Å²) in [7, 11) is 0. The van der Waals surface area contributed by atoms with Crippen molar-refractivity contribution in [3.8, 4) is 0 Å². The SMILES string of the molecule is O=C(c1ccccc1)N1CC2(COC(Cc3cccnc3)C2)C1. The zero-order valence-corrected chi connectivity index (χ0v) is 13.0. The fourth-order valence-corrected chi connectivity index (χ4v) is 3.70. The van der Waals surface area contributed by atoms with Crippen molar-refractivity contribution >= 4 is 5.91 Å². The molecule has 1 spiro atoms. The van der Waals surface area contributed by atoms with Crippen LogP contribution in [0.4, 0.5) is 0 Å². The normalized spacial score (nSPS) is 22.1. The van der Waals surface area contributed by atoms with Gasteiger partial charge in [-0.05, 0) is 30.2 Å². The van der Waals surface area contributed by atoms with Crippen molar-refractivity contribution in [1.29, 1.82) is 0 Å². The fourth-order valence-electron chi connectivity index (χ4n) is 3.70. The molecule has 4 nitrogen and oxygen atoms in total. The van der Waals surface area contributed by atoms with Gasteiger partial charge in [0.05, 0.1) is 12.7 Å². The van der Waals surface area contributed by atoms with Crippen molar-refractivity contribution in [2.45, 2.75) is 18.9 Å². The van der Waals surface area contributed by atoms with Crippen molar-refractivity contribution in [2.75, 3.05) is 19.7 Å². The largest absolute Gasteiger partial charge is 0.377 e. The molecule has 4 rings (SSSR count).